The molecule has 0 amide bonds. The number of unbranched alkanes of at least 4 members (excludes halogenated alkanes) is 1. The van der Waals surface area contributed by atoms with Crippen LogP contribution < -0.4 is 5.73 Å². The summed E-state index contributed by atoms with van der Waals surface area (Å²) >= 11 is 0. The number of rotatable bonds is 11. The van der Waals surface area contributed by atoms with Crippen molar-refractivity contribution in [2.45, 2.75) is 47.0 Å². The zero-order valence-corrected chi connectivity index (χ0v) is 14.8. The molecule has 8 heteroatoms. The lowest BCUT2D eigenvalue weighted by Gasteiger charge is -2.23. The summed E-state index contributed by atoms with van der Waals surface area (Å²) in [5, 5.41) is 12.6. The van der Waals surface area contributed by atoms with E-state index < -0.39 is 23.1 Å². The van der Waals surface area contributed by atoms with E-state index in [4.69, 9.17) is 25.2 Å². The molecule has 0 fully saturated rings. The van der Waals surface area contributed by atoms with Crippen molar-refractivity contribution in [1.82, 2.24) is 0 Å². The van der Waals surface area contributed by atoms with Crippen LogP contribution in [0.4, 0.5) is 0 Å². The Bertz CT molecular complexity index is 471. The van der Waals surface area contributed by atoms with Crippen molar-refractivity contribution >= 4 is 17.8 Å². The minimum absolute atomic E-state index is 0.110. The monoisotopic (exact) mass is 344 g/mol. The largest absolute Gasteiger partial charge is 0.463 e. The fourth-order valence-corrected chi connectivity index (χ4v) is 1.64. The van der Waals surface area contributed by atoms with Crippen LogP contribution in [-0.2, 0) is 23.9 Å². The molecule has 0 rings (SSSR count). The molecule has 0 aromatic carbocycles. The first-order chi connectivity index (χ1) is 11.3. The number of oxime groups is 1. The molecule has 3 N–H and O–H groups in total. The van der Waals surface area contributed by atoms with Crippen molar-refractivity contribution in [3.05, 3.63) is 11.8 Å². The van der Waals surface area contributed by atoms with Crippen LogP contribution in [0.2, 0.25) is 0 Å². The fourth-order valence-electron chi connectivity index (χ4n) is 1.64. The van der Waals surface area contributed by atoms with E-state index in [1.165, 1.54) is 0 Å². The molecule has 0 aromatic rings. The number of carbonyl (C=O) groups excluding carboxylic acids is 2. The second-order valence-electron chi connectivity index (χ2n) is 5.61. The average molecular weight is 344 g/mol. The topological polar surface area (TPSA) is 120 Å². The van der Waals surface area contributed by atoms with Gasteiger partial charge in [-0.25, -0.2) is 9.59 Å². The summed E-state index contributed by atoms with van der Waals surface area (Å²) < 4.78 is 9.54. The number of ether oxygens (including phenoxy) is 2. The summed E-state index contributed by atoms with van der Waals surface area (Å²) in [5.74, 6) is -1.80. The van der Waals surface area contributed by atoms with Crippen LogP contribution in [-0.4, -0.2) is 42.7 Å². The number of nitrogens with two attached hydrogens (primary N) is 1. The van der Waals surface area contributed by atoms with Gasteiger partial charge in [-0.3, -0.25) is 0 Å². The Kier molecular flexibility index (Phi) is 10.4. The number of amidine groups is 1. The number of nitrogens with zero attached hydrogens (tertiary/aromatic N) is 1. The summed E-state index contributed by atoms with van der Waals surface area (Å²) in [7, 11) is 0. The van der Waals surface area contributed by atoms with Gasteiger partial charge in [0.15, 0.2) is 0 Å². The third kappa shape index (κ3) is 8.52. The Labute approximate surface area is 142 Å². The highest BCUT2D eigenvalue weighted by molar-refractivity contribution is 5.95. The molecule has 0 radical (unpaired) electrons. The lowest BCUT2D eigenvalue weighted by molar-refractivity contribution is -0.144. The van der Waals surface area contributed by atoms with Gasteiger partial charge in [-0.05, 0) is 26.7 Å². The van der Waals surface area contributed by atoms with Crippen LogP contribution in [0.15, 0.2) is 17.0 Å². The zero-order chi connectivity index (χ0) is 18.6. The Morgan fingerprint density at radius 2 is 1.79 bits per heavy atom. The number of hydrogen-bond acceptors (Lipinski definition) is 7. The molecule has 0 aliphatic carbocycles. The van der Waals surface area contributed by atoms with Gasteiger partial charge in [0.1, 0.15) is 5.84 Å². The third-order valence-corrected chi connectivity index (χ3v) is 3.16. The summed E-state index contributed by atoms with van der Waals surface area (Å²) in [6, 6.07) is 0. The van der Waals surface area contributed by atoms with Crippen LogP contribution in [0.3, 0.4) is 0 Å². The summed E-state index contributed by atoms with van der Waals surface area (Å²) in [6.45, 7) is 7.39. The normalized spacial score (nSPS) is 12.7. The number of carbonyl (C=O) groups is 2. The smallest absolute Gasteiger partial charge is 0.377 e. The van der Waals surface area contributed by atoms with E-state index in [0.717, 1.165) is 12.5 Å². The summed E-state index contributed by atoms with van der Waals surface area (Å²) in [4.78, 5) is 28.3. The first-order valence-corrected chi connectivity index (χ1v) is 7.95. The predicted molar refractivity (Wildman–Crippen MR) is 88.8 cm³/mol. The van der Waals surface area contributed by atoms with Crippen molar-refractivity contribution in [3.63, 3.8) is 0 Å². The zero-order valence-electron chi connectivity index (χ0n) is 14.8. The molecule has 0 aliphatic rings. The molecule has 0 saturated heterocycles. The van der Waals surface area contributed by atoms with E-state index >= 15 is 0 Å². The SMILES string of the molecule is CCOC(=O)/C=C(/O/N=C(\N)C(C)(C)CCCCO)C(=O)OCC. The van der Waals surface area contributed by atoms with Crippen molar-refractivity contribution in [2.24, 2.45) is 16.3 Å². The lowest BCUT2D eigenvalue weighted by atomic mass is 9.86. The fraction of sp³-hybridized carbons (Fsp3) is 0.688. The van der Waals surface area contributed by atoms with E-state index in [1.54, 1.807) is 13.8 Å². The van der Waals surface area contributed by atoms with E-state index in [1.807, 2.05) is 13.8 Å². The maximum atomic E-state index is 11.8. The van der Waals surface area contributed by atoms with Crippen LogP contribution in [0, 0.1) is 5.41 Å². The minimum Gasteiger partial charge on any atom is -0.463 e. The van der Waals surface area contributed by atoms with Gasteiger partial charge in [-0.2, -0.15) is 0 Å². The number of aliphatic hydroxyl groups is 1. The molecule has 0 aliphatic heterocycles. The molecule has 0 heterocycles. The molecule has 8 nitrogen and oxygen atoms in total. The van der Waals surface area contributed by atoms with Crippen LogP contribution in [0.25, 0.3) is 0 Å². The molecular weight excluding hydrogens is 316 g/mol. The van der Waals surface area contributed by atoms with Crippen molar-refractivity contribution in [2.75, 3.05) is 19.8 Å². The lowest BCUT2D eigenvalue weighted by Crippen LogP contribution is -2.32. The molecule has 0 aromatic heterocycles. The van der Waals surface area contributed by atoms with Crippen molar-refractivity contribution in [3.8, 4) is 0 Å². The van der Waals surface area contributed by atoms with Gasteiger partial charge in [0, 0.05) is 12.0 Å². The Hall–Kier alpha value is -2.09. The molecule has 0 saturated carbocycles. The van der Waals surface area contributed by atoms with E-state index in [9.17, 15) is 9.59 Å². The Morgan fingerprint density at radius 3 is 2.33 bits per heavy atom. The predicted octanol–water partition coefficient (Wildman–Crippen LogP) is 1.47. The minimum atomic E-state index is -0.833. The standard InChI is InChI=1S/C16H28N2O6/c1-5-22-13(20)11-12(14(21)23-6-2)24-18-15(17)16(3,4)9-7-8-10-19/h11,19H,5-10H2,1-4H3,(H2,17,18)/b12-11+. The number of aliphatic hydroxyl groups excluding tert-OH is 1. The molecule has 0 spiro atoms. The average Bonchev–Trinajstić information content (AvgIpc) is 2.51. The Balaban J connectivity index is 5.06. The molecule has 0 bridgehead atoms. The van der Waals surface area contributed by atoms with Crippen LogP contribution in [0.5, 0.6) is 0 Å². The van der Waals surface area contributed by atoms with Crippen LogP contribution in [0.1, 0.15) is 47.0 Å². The summed E-state index contributed by atoms with van der Waals surface area (Å²) in [6.07, 6.45) is 2.98. The van der Waals surface area contributed by atoms with Crippen LogP contribution >= 0.6 is 0 Å². The molecule has 138 valence electrons. The van der Waals surface area contributed by atoms with Gasteiger partial charge in [0.2, 0.25) is 5.76 Å². The second kappa shape index (κ2) is 11.4. The molecule has 0 unspecified atom stereocenters. The van der Waals surface area contributed by atoms with Gasteiger partial charge >= 0.3 is 11.9 Å². The van der Waals surface area contributed by atoms with Gasteiger partial charge < -0.3 is 25.2 Å². The molecule has 0 atom stereocenters. The molecular formula is C16H28N2O6. The summed E-state index contributed by atoms with van der Waals surface area (Å²) in [5.41, 5.74) is 5.43. The van der Waals surface area contributed by atoms with E-state index in [2.05, 4.69) is 5.16 Å². The number of hydrogen-bond donors (Lipinski definition) is 2. The van der Waals surface area contributed by atoms with Crippen molar-refractivity contribution < 1.29 is 29.0 Å². The van der Waals surface area contributed by atoms with Gasteiger partial charge in [0.25, 0.3) is 0 Å². The number of esters is 2. The highest BCUT2D eigenvalue weighted by Crippen LogP contribution is 2.23. The third-order valence-electron chi connectivity index (χ3n) is 3.16. The van der Waals surface area contributed by atoms with Gasteiger partial charge in [0.05, 0.1) is 19.3 Å². The van der Waals surface area contributed by atoms with E-state index in [0.29, 0.717) is 12.8 Å². The van der Waals surface area contributed by atoms with Crippen molar-refractivity contribution in [1.29, 1.82) is 0 Å². The first kappa shape index (κ1) is 21.9. The Morgan fingerprint density at radius 1 is 1.17 bits per heavy atom. The maximum absolute atomic E-state index is 11.8. The maximum Gasteiger partial charge on any atom is 0.377 e. The highest BCUT2D eigenvalue weighted by Gasteiger charge is 2.24. The van der Waals surface area contributed by atoms with Gasteiger partial charge in [-0.15, -0.1) is 0 Å². The van der Waals surface area contributed by atoms with Gasteiger partial charge in [-0.1, -0.05) is 25.4 Å². The highest BCUT2D eigenvalue weighted by atomic mass is 16.7. The second-order valence-corrected chi connectivity index (χ2v) is 5.61. The molecule has 24 heavy (non-hydrogen) atoms. The van der Waals surface area contributed by atoms with E-state index in [-0.39, 0.29) is 25.7 Å². The first-order valence-electron chi connectivity index (χ1n) is 7.95. The quantitative estimate of drug-likeness (QED) is 0.111.